The van der Waals surface area contributed by atoms with Gasteiger partial charge in [-0.2, -0.15) is 0 Å². The second-order valence-electron chi connectivity index (χ2n) is 6.90. The summed E-state index contributed by atoms with van der Waals surface area (Å²) in [6.45, 7) is 1.94. The number of ether oxygens (including phenoxy) is 2. The zero-order valence-electron chi connectivity index (χ0n) is 17.6. The molecule has 1 aromatic heterocycles. The summed E-state index contributed by atoms with van der Waals surface area (Å²) in [6.07, 6.45) is -0.00528. The van der Waals surface area contributed by atoms with Crippen LogP contribution in [0.4, 0.5) is 0 Å². The monoisotopic (exact) mass is 414 g/mol. The SMILES string of the molecule is COC(=O)CCC(NC(=O)Cc1ccc(C(=O)c2ccc(C)cc2)n1C)C(=O)OC. The van der Waals surface area contributed by atoms with E-state index in [0.29, 0.717) is 17.0 Å². The van der Waals surface area contributed by atoms with Crippen LogP contribution < -0.4 is 5.32 Å². The fourth-order valence-corrected chi connectivity index (χ4v) is 2.98. The highest BCUT2D eigenvalue weighted by Crippen LogP contribution is 2.15. The molecule has 0 aliphatic carbocycles. The summed E-state index contributed by atoms with van der Waals surface area (Å²) in [5, 5.41) is 2.58. The normalized spacial score (nSPS) is 11.5. The highest BCUT2D eigenvalue weighted by molar-refractivity contribution is 6.08. The summed E-state index contributed by atoms with van der Waals surface area (Å²) >= 11 is 0. The number of nitrogens with one attached hydrogen (secondary N) is 1. The number of carbonyl (C=O) groups is 4. The highest BCUT2D eigenvalue weighted by Gasteiger charge is 2.24. The van der Waals surface area contributed by atoms with Crippen molar-refractivity contribution in [1.29, 1.82) is 0 Å². The molecule has 0 bridgehead atoms. The Bertz CT molecular complexity index is 930. The minimum Gasteiger partial charge on any atom is -0.469 e. The molecule has 0 aliphatic heterocycles. The molecule has 0 radical (unpaired) electrons. The molecule has 1 atom stereocenters. The Kier molecular flexibility index (Phi) is 7.91. The van der Waals surface area contributed by atoms with Crippen LogP contribution in [0.3, 0.4) is 0 Å². The van der Waals surface area contributed by atoms with E-state index in [9.17, 15) is 19.2 Å². The molecule has 1 heterocycles. The second-order valence-corrected chi connectivity index (χ2v) is 6.90. The number of rotatable bonds is 9. The Hall–Kier alpha value is -3.42. The van der Waals surface area contributed by atoms with Gasteiger partial charge in [0.05, 0.1) is 26.3 Å². The number of carbonyl (C=O) groups excluding carboxylic acids is 4. The van der Waals surface area contributed by atoms with Gasteiger partial charge in [0.25, 0.3) is 0 Å². The van der Waals surface area contributed by atoms with Crippen LogP contribution in [0.1, 0.15) is 40.2 Å². The maximum atomic E-state index is 12.7. The lowest BCUT2D eigenvalue weighted by atomic mass is 10.1. The van der Waals surface area contributed by atoms with Crippen LogP contribution in [-0.2, 0) is 37.3 Å². The van der Waals surface area contributed by atoms with Crippen LogP contribution in [0.2, 0.25) is 0 Å². The van der Waals surface area contributed by atoms with E-state index in [1.165, 1.54) is 14.2 Å². The summed E-state index contributed by atoms with van der Waals surface area (Å²) in [5.74, 6) is -1.70. The Labute approximate surface area is 175 Å². The van der Waals surface area contributed by atoms with E-state index in [0.717, 1.165) is 5.56 Å². The summed E-state index contributed by atoms with van der Waals surface area (Å²) in [4.78, 5) is 48.4. The zero-order valence-corrected chi connectivity index (χ0v) is 17.6. The first kappa shape index (κ1) is 22.9. The lowest BCUT2D eigenvalue weighted by Crippen LogP contribution is -2.42. The average molecular weight is 414 g/mol. The molecule has 160 valence electrons. The van der Waals surface area contributed by atoms with Crippen molar-refractivity contribution >= 4 is 23.6 Å². The zero-order chi connectivity index (χ0) is 22.3. The standard InChI is InChI=1S/C22H26N2O6/c1-14-5-7-15(8-6-14)21(27)18-11-9-16(24(18)2)13-19(25)23-17(22(28)30-4)10-12-20(26)29-3/h5-9,11,17H,10,12-13H2,1-4H3,(H,23,25). The Morgan fingerprint density at radius 1 is 1.00 bits per heavy atom. The van der Waals surface area contributed by atoms with E-state index in [4.69, 9.17) is 4.74 Å². The molecular formula is C22H26N2O6. The first-order valence-corrected chi connectivity index (χ1v) is 9.46. The first-order valence-electron chi connectivity index (χ1n) is 9.46. The van der Waals surface area contributed by atoms with Gasteiger partial charge in [0.2, 0.25) is 11.7 Å². The van der Waals surface area contributed by atoms with E-state index in [2.05, 4.69) is 10.1 Å². The van der Waals surface area contributed by atoms with Gasteiger partial charge in [0, 0.05) is 24.7 Å². The predicted octanol–water partition coefficient (Wildman–Crippen LogP) is 1.72. The van der Waals surface area contributed by atoms with Gasteiger partial charge in [-0.3, -0.25) is 14.4 Å². The van der Waals surface area contributed by atoms with Crippen LogP contribution in [0.5, 0.6) is 0 Å². The molecule has 30 heavy (non-hydrogen) atoms. The topological polar surface area (TPSA) is 104 Å². The fourth-order valence-electron chi connectivity index (χ4n) is 2.98. The summed E-state index contributed by atoms with van der Waals surface area (Å²) in [5.41, 5.74) is 2.69. The average Bonchev–Trinajstić information content (AvgIpc) is 3.10. The number of aromatic nitrogens is 1. The van der Waals surface area contributed by atoms with E-state index in [1.807, 2.05) is 19.1 Å². The lowest BCUT2D eigenvalue weighted by Gasteiger charge is -2.16. The van der Waals surface area contributed by atoms with Crippen molar-refractivity contribution in [3.63, 3.8) is 0 Å². The minimum atomic E-state index is -0.962. The van der Waals surface area contributed by atoms with Gasteiger partial charge in [-0.25, -0.2) is 4.79 Å². The number of nitrogens with zero attached hydrogens (tertiary/aromatic N) is 1. The highest BCUT2D eigenvalue weighted by atomic mass is 16.5. The molecule has 0 saturated carbocycles. The number of esters is 2. The molecule has 8 heteroatoms. The van der Waals surface area contributed by atoms with Crippen LogP contribution in [0, 0.1) is 6.92 Å². The third-order valence-corrected chi connectivity index (χ3v) is 4.80. The van der Waals surface area contributed by atoms with E-state index >= 15 is 0 Å². The van der Waals surface area contributed by atoms with Gasteiger partial charge < -0.3 is 19.4 Å². The number of methoxy groups -OCH3 is 2. The molecule has 8 nitrogen and oxygen atoms in total. The van der Waals surface area contributed by atoms with Crippen LogP contribution >= 0.6 is 0 Å². The minimum absolute atomic E-state index is 0.0318. The van der Waals surface area contributed by atoms with E-state index in [-0.39, 0.29) is 25.0 Å². The number of ketones is 1. The van der Waals surface area contributed by atoms with Crippen molar-refractivity contribution in [2.24, 2.45) is 7.05 Å². The first-order chi connectivity index (χ1) is 14.3. The summed E-state index contributed by atoms with van der Waals surface area (Å²) < 4.78 is 10.9. The predicted molar refractivity (Wildman–Crippen MR) is 109 cm³/mol. The molecular weight excluding hydrogens is 388 g/mol. The Balaban J connectivity index is 2.07. The summed E-state index contributed by atoms with van der Waals surface area (Å²) in [6, 6.07) is 9.66. The number of amides is 1. The molecule has 1 amide bonds. The van der Waals surface area contributed by atoms with Gasteiger partial charge in [-0.15, -0.1) is 0 Å². The molecule has 0 fully saturated rings. The van der Waals surface area contributed by atoms with Crippen molar-refractivity contribution in [2.45, 2.75) is 32.2 Å². The molecule has 0 aliphatic rings. The van der Waals surface area contributed by atoms with E-state index in [1.54, 1.807) is 35.9 Å². The maximum Gasteiger partial charge on any atom is 0.328 e. The molecule has 2 aromatic rings. The van der Waals surface area contributed by atoms with Crippen molar-refractivity contribution in [3.05, 3.63) is 58.9 Å². The van der Waals surface area contributed by atoms with Crippen molar-refractivity contribution in [1.82, 2.24) is 9.88 Å². The number of benzene rings is 1. The van der Waals surface area contributed by atoms with Crippen molar-refractivity contribution in [2.75, 3.05) is 14.2 Å². The molecule has 0 saturated heterocycles. The second kappa shape index (κ2) is 10.4. The fraction of sp³-hybridized carbons (Fsp3) is 0.364. The van der Waals surface area contributed by atoms with Gasteiger partial charge in [-0.05, 0) is 25.5 Å². The smallest absolute Gasteiger partial charge is 0.328 e. The van der Waals surface area contributed by atoms with Crippen LogP contribution in [0.15, 0.2) is 36.4 Å². The third-order valence-electron chi connectivity index (χ3n) is 4.80. The Morgan fingerprint density at radius 2 is 1.67 bits per heavy atom. The maximum absolute atomic E-state index is 12.7. The van der Waals surface area contributed by atoms with Gasteiger partial charge in [0.1, 0.15) is 6.04 Å². The van der Waals surface area contributed by atoms with Crippen LogP contribution in [0.25, 0.3) is 0 Å². The molecule has 1 aromatic carbocycles. The van der Waals surface area contributed by atoms with Gasteiger partial charge in [-0.1, -0.05) is 29.8 Å². The molecule has 2 rings (SSSR count). The quantitative estimate of drug-likeness (QED) is 0.495. The largest absolute Gasteiger partial charge is 0.469 e. The number of aryl methyl sites for hydroxylation is 1. The molecule has 0 spiro atoms. The van der Waals surface area contributed by atoms with Gasteiger partial charge >= 0.3 is 11.9 Å². The Morgan fingerprint density at radius 3 is 2.27 bits per heavy atom. The third kappa shape index (κ3) is 5.79. The van der Waals surface area contributed by atoms with E-state index < -0.39 is 23.9 Å². The van der Waals surface area contributed by atoms with Crippen molar-refractivity contribution in [3.8, 4) is 0 Å². The number of hydrogen-bond acceptors (Lipinski definition) is 6. The van der Waals surface area contributed by atoms with Gasteiger partial charge in [0.15, 0.2) is 0 Å². The molecule has 1 unspecified atom stereocenters. The summed E-state index contributed by atoms with van der Waals surface area (Å²) in [7, 11) is 4.16. The van der Waals surface area contributed by atoms with Crippen LogP contribution in [-0.4, -0.2) is 48.5 Å². The lowest BCUT2D eigenvalue weighted by molar-refractivity contribution is -0.146. The van der Waals surface area contributed by atoms with Crippen molar-refractivity contribution < 1.29 is 28.7 Å². The molecule has 1 N–H and O–H groups in total. The number of hydrogen-bond donors (Lipinski definition) is 1.